The Morgan fingerprint density at radius 3 is 1.00 bits per heavy atom. The van der Waals surface area contributed by atoms with Gasteiger partial charge in [0.25, 0.3) is 0 Å². The van der Waals surface area contributed by atoms with Crippen LogP contribution >= 0.6 is 0 Å². The summed E-state index contributed by atoms with van der Waals surface area (Å²) >= 11 is 0. The van der Waals surface area contributed by atoms with Crippen LogP contribution in [0.25, 0.3) is 0 Å². The van der Waals surface area contributed by atoms with Gasteiger partial charge < -0.3 is 40.9 Å². The van der Waals surface area contributed by atoms with E-state index in [1.807, 2.05) is 0 Å². The number of hydrogen-bond acceptors (Lipinski definition) is 8. The molecule has 0 heterocycles. The molecule has 0 aromatic carbocycles. The van der Waals surface area contributed by atoms with Gasteiger partial charge in [-0.05, 0) is 0 Å². The molecule has 0 unspecified atom stereocenters. The fraction of sp³-hybridized carbons (Fsp3) is 0.750. The number of carboxylic acid groups (broad SMARTS) is 2. The summed E-state index contributed by atoms with van der Waals surface area (Å²) in [5, 5.41) is 65.7. The summed E-state index contributed by atoms with van der Waals surface area (Å²) < 4.78 is 0. The van der Waals surface area contributed by atoms with E-state index in [1.165, 1.54) is 0 Å². The number of rotatable bonds is 6. The highest BCUT2D eigenvalue weighted by Crippen LogP contribution is 1.91. The van der Waals surface area contributed by atoms with Crippen LogP contribution in [0.1, 0.15) is 0 Å². The van der Waals surface area contributed by atoms with E-state index >= 15 is 0 Å². The quantitative estimate of drug-likeness (QED) is 0.233. The van der Waals surface area contributed by atoms with Crippen molar-refractivity contribution in [3.05, 3.63) is 0 Å². The van der Waals surface area contributed by atoms with E-state index < -0.39 is 49.6 Å². The molecule has 0 aromatic rings. The minimum atomic E-state index is -1.89. The Morgan fingerprint density at radius 2 is 0.944 bits per heavy atom. The third-order valence-corrected chi connectivity index (χ3v) is 1.61. The zero-order valence-corrected chi connectivity index (χ0v) is 9.12. The Morgan fingerprint density at radius 1 is 0.722 bits per heavy atom. The van der Waals surface area contributed by atoms with Crippen LogP contribution in [0.4, 0.5) is 0 Å². The average molecular weight is 272 g/mol. The molecular weight excluding hydrogens is 256 g/mol. The summed E-state index contributed by atoms with van der Waals surface area (Å²) in [4.78, 5) is 19.6. The van der Waals surface area contributed by atoms with E-state index in [1.54, 1.807) is 0 Å². The van der Waals surface area contributed by atoms with E-state index in [0.717, 1.165) is 0 Å². The number of aliphatic hydroxyl groups is 6. The van der Waals surface area contributed by atoms with Gasteiger partial charge in [0.2, 0.25) is 0 Å². The highest BCUT2D eigenvalue weighted by atomic mass is 16.4. The second-order valence-corrected chi connectivity index (χ2v) is 3.07. The Balaban J connectivity index is 0. The first-order valence-electron chi connectivity index (χ1n) is 4.58. The molecule has 108 valence electrons. The van der Waals surface area contributed by atoms with Gasteiger partial charge in [0.15, 0.2) is 12.2 Å². The summed E-state index contributed by atoms with van der Waals surface area (Å²) in [6.45, 7) is -1.51. The molecule has 10 nitrogen and oxygen atoms in total. The molecular formula is C8H16O10. The summed E-state index contributed by atoms with van der Waals surface area (Å²) in [7, 11) is 0. The zero-order chi connectivity index (χ0) is 14.9. The van der Waals surface area contributed by atoms with Crippen LogP contribution in [0.5, 0.6) is 0 Å². The average Bonchev–Trinajstić information content (AvgIpc) is 2.35. The van der Waals surface area contributed by atoms with E-state index in [2.05, 4.69) is 0 Å². The lowest BCUT2D eigenvalue weighted by Crippen LogP contribution is -2.36. The van der Waals surface area contributed by atoms with Gasteiger partial charge in [0.1, 0.15) is 12.2 Å². The van der Waals surface area contributed by atoms with Crippen molar-refractivity contribution in [1.29, 1.82) is 0 Å². The highest BCUT2D eigenvalue weighted by molar-refractivity contribution is 5.72. The molecule has 0 aliphatic rings. The molecule has 0 saturated carbocycles. The molecule has 10 heteroatoms. The van der Waals surface area contributed by atoms with Crippen LogP contribution in [0.15, 0.2) is 0 Å². The standard InChI is InChI=1S/2C4H8O5/c2*5-1-2(6)3(7)4(8)9/h2*2-3,5-7H,1H2,(H,8,9)/t2*2-,3+/m10/s1. The lowest BCUT2D eigenvalue weighted by molar-refractivity contribution is -0.155. The number of carbonyl (C=O) groups is 2. The molecule has 8 N–H and O–H groups in total. The van der Waals surface area contributed by atoms with Crippen molar-refractivity contribution in [2.45, 2.75) is 24.4 Å². The van der Waals surface area contributed by atoms with Crippen molar-refractivity contribution >= 4 is 11.9 Å². The first-order chi connectivity index (χ1) is 8.18. The lowest BCUT2D eigenvalue weighted by atomic mass is 10.2. The number of aliphatic carboxylic acids is 2. The van der Waals surface area contributed by atoms with E-state index in [9.17, 15) is 9.59 Å². The lowest BCUT2D eigenvalue weighted by Gasteiger charge is -2.09. The van der Waals surface area contributed by atoms with Gasteiger partial charge >= 0.3 is 11.9 Å². The molecule has 0 rings (SSSR count). The summed E-state index contributed by atoms with van der Waals surface area (Å²) in [5.74, 6) is -3.09. The van der Waals surface area contributed by atoms with Gasteiger partial charge in [0, 0.05) is 0 Å². The van der Waals surface area contributed by atoms with Crippen LogP contribution in [0.2, 0.25) is 0 Å². The number of aliphatic hydroxyl groups excluding tert-OH is 6. The third kappa shape index (κ3) is 7.89. The molecule has 0 fully saturated rings. The van der Waals surface area contributed by atoms with Crippen LogP contribution in [0.3, 0.4) is 0 Å². The van der Waals surface area contributed by atoms with Crippen molar-refractivity contribution in [3.8, 4) is 0 Å². The van der Waals surface area contributed by atoms with E-state index in [0.29, 0.717) is 0 Å². The summed E-state index contributed by atoms with van der Waals surface area (Å²) in [6.07, 6.45) is -6.98. The predicted octanol–water partition coefficient (Wildman–Crippen LogP) is -4.43. The third-order valence-electron chi connectivity index (χ3n) is 1.61. The number of carboxylic acids is 2. The van der Waals surface area contributed by atoms with Crippen LogP contribution in [-0.2, 0) is 9.59 Å². The van der Waals surface area contributed by atoms with Crippen molar-refractivity contribution in [2.24, 2.45) is 0 Å². The maximum atomic E-state index is 9.78. The molecule has 0 aromatic heterocycles. The largest absolute Gasteiger partial charge is 0.479 e. The van der Waals surface area contributed by atoms with Gasteiger partial charge in [-0.2, -0.15) is 0 Å². The normalized spacial score (nSPS) is 16.8. The molecule has 4 atom stereocenters. The molecule has 0 radical (unpaired) electrons. The van der Waals surface area contributed by atoms with Crippen LogP contribution in [-0.4, -0.2) is 90.4 Å². The van der Waals surface area contributed by atoms with Gasteiger partial charge in [-0.3, -0.25) is 0 Å². The minimum absolute atomic E-state index is 0.756. The Bertz CT molecular complexity index is 228. The molecule has 0 aliphatic carbocycles. The predicted molar refractivity (Wildman–Crippen MR) is 53.5 cm³/mol. The van der Waals surface area contributed by atoms with Crippen LogP contribution < -0.4 is 0 Å². The molecule has 0 saturated heterocycles. The first kappa shape index (κ1) is 19.0. The highest BCUT2D eigenvalue weighted by Gasteiger charge is 2.22. The van der Waals surface area contributed by atoms with Crippen molar-refractivity contribution in [1.82, 2.24) is 0 Å². The maximum absolute atomic E-state index is 9.78. The summed E-state index contributed by atoms with van der Waals surface area (Å²) in [5.41, 5.74) is 0. The second kappa shape index (κ2) is 9.70. The molecule has 0 amide bonds. The molecule has 18 heavy (non-hydrogen) atoms. The van der Waals surface area contributed by atoms with Gasteiger partial charge in [-0.1, -0.05) is 0 Å². The minimum Gasteiger partial charge on any atom is -0.479 e. The molecule has 0 spiro atoms. The Kier molecular flexibility index (Phi) is 10.3. The molecule has 0 bridgehead atoms. The van der Waals surface area contributed by atoms with Gasteiger partial charge in [-0.25, -0.2) is 9.59 Å². The van der Waals surface area contributed by atoms with Crippen molar-refractivity contribution in [2.75, 3.05) is 13.2 Å². The maximum Gasteiger partial charge on any atom is 0.335 e. The summed E-state index contributed by atoms with van der Waals surface area (Å²) in [6, 6.07) is 0. The van der Waals surface area contributed by atoms with E-state index in [4.69, 9.17) is 40.9 Å². The number of hydrogen-bond donors (Lipinski definition) is 8. The van der Waals surface area contributed by atoms with Gasteiger partial charge in [-0.15, -0.1) is 0 Å². The monoisotopic (exact) mass is 272 g/mol. The van der Waals surface area contributed by atoms with Crippen molar-refractivity contribution < 1.29 is 50.4 Å². The SMILES string of the molecule is O=C(O)[C@@H](O)[C@H](O)CO.O=C(O)[C@H](O)[C@@H](O)CO. The van der Waals surface area contributed by atoms with E-state index in [-0.39, 0.29) is 0 Å². The topological polar surface area (TPSA) is 196 Å². The zero-order valence-electron chi connectivity index (χ0n) is 9.12. The Labute approximate surface area is 101 Å². The fourth-order valence-electron chi connectivity index (χ4n) is 0.529. The fourth-order valence-corrected chi connectivity index (χ4v) is 0.529. The van der Waals surface area contributed by atoms with Gasteiger partial charge in [0.05, 0.1) is 13.2 Å². The second-order valence-electron chi connectivity index (χ2n) is 3.07. The van der Waals surface area contributed by atoms with Crippen molar-refractivity contribution in [3.63, 3.8) is 0 Å². The molecule has 0 aliphatic heterocycles. The van der Waals surface area contributed by atoms with Crippen LogP contribution in [0, 0.1) is 0 Å². The Hall–Kier alpha value is -1.30. The first-order valence-corrected chi connectivity index (χ1v) is 4.58. The smallest absolute Gasteiger partial charge is 0.335 e.